The quantitative estimate of drug-likeness (QED) is 0.858. The SMILES string of the molecule is CC(C)c1cccc(NC(=O)COc2cccc3c2CCCC3O)c1. The number of benzene rings is 2. The van der Waals surface area contributed by atoms with Crippen molar-refractivity contribution in [2.24, 2.45) is 0 Å². The van der Waals surface area contributed by atoms with Crippen molar-refractivity contribution in [3.05, 3.63) is 59.2 Å². The molecule has 1 amide bonds. The highest BCUT2D eigenvalue weighted by molar-refractivity contribution is 5.92. The Labute approximate surface area is 148 Å². The predicted molar refractivity (Wildman–Crippen MR) is 99.0 cm³/mol. The average Bonchev–Trinajstić information content (AvgIpc) is 2.60. The third-order valence-corrected chi connectivity index (χ3v) is 4.63. The van der Waals surface area contributed by atoms with Crippen LogP contribution < -0.4 is 10.1 Å². The Hall–Kier alpha value is -2.33. The van der Waals surface area contributed by atoms with E-state index in [0.717, 1.165) is 36.1 Å². The van der Waals surface area contributed by atoms with E-state index in [1.165, 1.54) is 5.56 Å². The number of anilines is 1. The summed E-state index contributed by atoms with van der Waals surface area (Å²) >= 11 is 0. The molecule has 1 atom stereocenters. The molecule has 0 aliphatic heterocycles. The number of aliphatic hydroxyl groups excluding tert-OH is 1. The molecule has 2 N–H and O–H groups in total. The van der Waals surface area contributed by atoms with Crippen LogP contribution in [0.1, 0.15) is 55.4 Å². The standard InChI is InChI=1S/C21H25NO3/c1-14(2)15-6-3-7-16(12-15)22-21(24)13-25-20-11-5-8-17-18(20)9-4-10-19(17)23/h3,5-8,11-12,14,19,23H,4,9-10,13H2,1-2H3,(H,22,24). The summed E-state index contributed by atoms with van der Waals surface area (Å²) in [5.74, 6) is 0.924. The van der Waals surface area contributed by atoms with Gasteiger partial charge in [-0.1, -0.05) is 38.1 Å². The van der Waals surface area contributed by atoms with Gasteiger partial charge in [0, 0.05) is 5.69 Å². The van der Waals surface area contributed by atoms with Crippen molar-refractivity contribution in [3.63, 3.8) is 0 Å². The second-order valence-electron chi connectivity index (χ2n) is 6.85. The maximum atomic E-state index is 12.2. The molecule has 132 valence electrons. The number of nitrogens with one attached hydrogen (secondary N) is 1. The van der Waals surface area contributed by atoms with E-state index in [9.17, 15) is 9.90 Å². The largest absolute Gasteiger partial charge is 0.483 e. The van der Waals surface area contributed by atoms with Gasteiger partial charge < -0.3 is 15.2 Å². The number of carbonyl (C=O) groups is 1. The molecular weight excluding hydrogens is 314 g/mol. The van der Waals surface area contributed by atoms with Gasteiger partial charge in [-0.25, -0.2) is 0 Å². The van der Waals surface area contributed by atoms with Gasteiger partial charge in [0.25, 0.3) is 5.91 Å². The van der Waals surface area contributed by atoms with E-state index in [4.69, 9.17) is 4.74 Å². The Morgan fingerprint density at radius 2 is 2.08 bits per heavy atom. The van der Waals surface area contributed by atoms with Crippen molar-refractivity contribution in [3.8, 4) is 5.75 Å². The number of amides is 1. The Morgan fingerprint density at radius 3 is 2.88 bits per heavy atom. The summed E-state index contributed by atoms with van der Waals surface area (Å²) in [7, 11) is 0. The van der Waals surface area contributed by atoms with Gasteiger partial charge in [0.05, 0.1) is 6.10 Å². The summed E-state index contributed by atoms with van der Waals surface area (Å²) in [5.41, 5.74) is 3.92. The average molecular weight is 339 g/mol. The minimum atomic E-state index is -0.431. The molecule has 2 aromatic rings. The summed E-state index contributed by atoms with van der Waals surface area (Å²) in [6.07, 6.45) is 2.16. The van der Waals surface area contributed by atoms with Crippen LogP contribution in [0.2, 0.25) is 0 Å². The monoisotopic (exact) mass is 339 g/mol. The summed E-state index contributed by atoms with van der Waals surface area (Å²) in [6, 6.07) is 13.5. The van der Waals surface area contributed by atoms with Crippen LogP contribution in [-0.4, -0.2) is 17.6 Å². The van der Waals surface area contributed by atoms with Crippen LogP contribution in [0, 0.1) is 0 Å². The number of fused-ring (bicyclic) bond motifs is 1. The first-order chi connectivity index (χ1) is 12.0. The summed E-state index contributed by atoms with van der Waals surface area (Å²) in [5, 5.41) is 13.0. The van der Waals surface area contributed by atoms with Crippen molar-refractivity contribution in [1.29, 1.82) is 0 Å². The lowest BCUT2D eigenvalue weighted by atomic mass is 9.89. The molecule has 0 bridgehead atoms. The van der Waals surface area contributed by atoms with E-state index in [1.54, 1.807) is 0 Å². The summed E-state index contributed by atoms with van der Waals surface area (Å²) in [4.78, 5) is 12.2. The number of hydrogen-bond acceptors (Lipinski definition) is 3. The highest BCUT2D eigenvalue weighted by Crippen LogP contribution is 2.35. The molecule has 3 rings (SSSR count). The summed E-state index contributed by atoms with van der Waals surface area (Å²) in [6.45, 7) is 4.20. The van der Waals surface area contributed by atoms with Gasteiger partial charge in [-0.3, -0.25) is 4.79 Å². The zero-order chi connectivity index (χ0) is 17.8. The van der Waals surface area contributed by atoms with Gasteiger partial charge >= 0.3 is 0 Å². The molecule has 1 aliphatic carbocycles. The summed E-state index contributed by atoms with van der Waals surface area (Å²) < 4.78 is 5.74. The molecule has 1 aliphatic rings. The first-order valence-electron chi connectivity index (χ1n) is 8.87. The molecule has 4 heteroatoms. The maximum absolute atomic E-state index is 12.2. The number of ether oxygens (including phenoxy) is 1. The lowest BCUT2D eigenvalue weighted by Gasteiger charge is -2.23. The van der Waals surface area contributed by atoms with Gasteiger partial charge in [0.15, 0.2) is 6.61 Å². The number of hydrogen-bond donors (Lipinski definition) is 2. The highest BCUT2D eigenvalue weighted by Gasteiger charge is 2.21. The molecule has 1 unspecified atom stereocenters. The van der Waals surface area contributed by atoms with Gasteiger partial charge in [0.2, 0.25) is 0 Å². The van der Waals surface area contributed by atoms with E-state index in [2.05, 4.69) is 25.2 Å². The molecule has 0 saturated carbocycles. The topological polar surface area (TPSA) is 58.6 Å². The molecular formula is C21H25NO3. The van der Waals surface area contributed by atoms with Crippen molar-refractivity contribution in [1.82, 2.24) is 0 Å². The normalized spacial score (nSPS) is 16.4. The van der Waals surface area contributed by atoms with Crippen molar-refractivity contribution in [2.45, 2.75) is 45.1 Å². The Kier molecular flexibility index (Phi) is 5.39. The molecule has 4 nitrogen and oxygen atoms in total. The van der Waals surface area contributed by atoms with Gasteiger partial charge in [-0.2, -0.15) is 0 Å². The third-order valence-electron chi connectivity index (χ3n) is 4.63. The molecule has 2 aromatic carbocycles. The lowest BCUT2D eigenvalue weighted by molar-refractivity contribution is -0.118. The highest BCUT2D eigenvalue weighted by atomic mass is 16.5. The van der Waals surface area contributed by atoms with Crippen LogP contribution in [0.3, 0.4) is 0 Å². The minimum Gasteiger partial charge on any atom is -0.483 e. The van der Waals surface area contributed by atoms with E-state index in [0.29, 0.717) is 11.7 Å². The number of aliphatic hydroxyl groups is 1. The van der Waals surface area contributed by atoms with Gasteiger partial charge in [-0.05, 0) is 60.1 Å². The van der Waals surface area contributed by atoms with Crippen LogP contribution in [0.4, 0.5) is 5.69 Å². The predicted octanol–water partition coefficient (Wildman–Crippen LogP) is 4.20. The molecule has 0 heterocycles. The van der Waals surface area contributed by atoms with Crippen molar-refractivity contribution in [2.75, 3.05) is 11.9 Å². The maximum Gasteiger partial charge on any atom is 0.262 e. The van der Waals surface area contributed by atoms with Crippen LogP contribution in [-0.2, 0) is 11.2 Å². The fourth-order valence-corrected chi connectivity index (χ4v) is 3.24. The fraction of sp³-hybridized carbons (Fsp3) is 0.381. The molecule has 0 saturated heterocycles. The second kappa shape index (κ2) is 7.70. The van der Waals surface area contributed by atoms with E-state index in [-0.39, 0.29) is 12.5 Å². The van der Waals surface area contributed by atoms with E-state index in [1.807, 2.05) is 36.4 Å². The number of carbonyl (C=O) groups excluding carboxylic acids is 1. The molecule has 25 heavy (non-hydrogen) atoms. The molecule has 0 aromatic heterocycles. The molecule has 0 fully saturated rings. The van der Waals surface area contributed by atoms with E-state index >= 15 is 0 Å². The first kappa shape index (κ1) is 17.5. The minimum absolute atomic E-state index is 0.0432. The van der Waals surface area contributed by atoms with E-state index < -0.39 is 6.10 Å². The third kappa shape index (κ3) is 4.20. The zero-order valence-electron chi connectivity index (χ0n) is 14.8. The zero-order valence-corrected chi connectivity index (χ0v) is 14.8. The Morgan fingerprint density at radius 1 is 1.28 bits per heavy atom. The number of rotatable bonds is 5. The smallest absolute Gasteiger partial charge is 0.262 e. The van der Waals surface area contributed by atoms with Gasteiger partial charge in [0.1, 0.15) is 5.75 Å². The van der Waals surface area contributed by atoms with Gasteiger partial charge in [-0.15, -0.1) is 0 Å². The molecule has 0 radical (unpaired) electrons. The van der Waals surface area contributed by atoms with Crippen LogP contribution in [0.5, 0.6) is 5.75 Å². The molecule has 0 spiro atoms. The first-order valence-corrected chi connectivity index (χ1v) is 8.87. The van der Waals surface area contributed by atoms with Crippen molar-refractivity contribution < 1.29 is 14.6 Å². The second-order valence-corrected chi connectivity index (χ2v) is 6.85. The van der Waals surface area contributed by atoms with Crippen LogP contribution >= 0.6 is 0 Å². The van der Waals surface area contributed by atoms with Crippen LogP contribution in [0.25, 0.3) is 0 Å². The fourth-order valence-electron chi connectivity index (χ4n) is 3.24. The van der Waals surface area contributed by atoms with Crippen LogP contribution in [0.15, 0.2) is 42.5 Å². The Bertz CT molecular complexity index is 755. The lowest BCUT2D eigenvalue weighted by Crippen LogP contribution is -2.21. The Balaban J connectivity index is 1.63. The van der Waals surface area contributed by atoms with Crippen molar-refractivity contribution >= 4 is 11.6 Å².